The number of benzene rings is 2. The van der Waals surface area contributed by atoms with E-state index in [9.17, 15) is 14.4 Å². The molecule has 2 aromatic carbocycles. The molecule has 0 heterocycles. The molecule has 0 aliphatic carbocycles. The first-order chi connectivity index (χ1) is 13.8. The van der Waals surface area contributed by atoms with Crippen LogP contribution < -0.4 is 15.4 Å². The zero-order chi connectivity index (χ0) is 21.4. The van der Waals surface area contributed by atoms with E-state index in [0.717, 1.165) is 0 Å². The SMILES string of the molecule is COc1ccc(Cl)cc1C(=O)OCC(=O)Nc1ccccc1C(=O)NCC(C)C. The van der Waals surface area contributed by atoms with Crippen molar-refractivity contribution in [1.82, 2.24) is 5.32 Å². The molecule has 0 fully saturated rings. The molecule has 2 N–H and O–H groups in total. The Hall–Kier alpha value is -3.06. The zero-order valence-electron chi connectivity index (χ0n) is 16.5. The molecule has 0 atom stereocenters. The van der Waals surface area contributed by atoms with E-state index in [4.69, 9.17) is 21.1 Å². The number of esters is 1. The quantitative estimate of drug-likeness (QED) is 0.639. The summed E-state index contributed by atoms with van der Waals surface area (Å²) < 4.78 is 10.1. The second-order valence-corrected chi connectivity index (χ2v) is 7.05. The molecule has 154 valence electrons. The van der Waals surface area contributed by atoms with Gasteiger partial charge >= 0.3 is 5.97 Å². The van der Waals surface area contributed by atoms with E-state index in [2.05, 4.69) is 10.6 Å². The highest BCUT2D eigenvalue weighted by atomic mass is 35.5. The Bertz CT molecular complexity index is 898. The van der Waals surface area contributed by atoms with Crippen molar-refractivity contribution < 1.29 is 23.9 Å². The number of hydrogen-bond donors (Lipinski definition) is 2. The lowest BCUT2D eigenvalue weighted by atomic mass is 10.1. The molecule has 0 spiro atoms. The highest BCUT2D eigenvalue weighted by molar-refractivity contribution is 6.31. The van der Waals surface area contributed by atoms with E-state index in [1.807, 2.05) is 13.8 Å². The van der Waals surface area contributed by atoms with Crippen molar-refractivity contribution in [2.75, 3.05) is 25.6 Å². The summed E-state index contributed by atoms with van der Waals surface area (Å²) in [6, 6.07) is 11.1. The van der Waals surface area contributed by atoms with Crippen LogP contribution in [0.1, 0.15) is 34.6 Å². The zero-order valence-corrected chi connectivity index (χ0v) is 17.2. The second-order valence-electron chi connectivity index (χ2n) is 6.62. The number of methoxy groups -OCH3 is 1. The summed E-state index contributed by atoms with van der Waals surface area (Å²) in [6.07, 6.45) is 0. The first-order valence-electron chi connectivity index (χ1n) is 8.99. The molecular weight excluding hydrogens is 396 g/mol. The van der Waals surface area contributed by atoms with Crippen molar-refractivity contribution in [2.45, 2.75) is 13.8 Å². The standard InChI is InChI=1S/C21H23ClN2O5/c1-13(2)11-23-20(26)15-6-4-5-7-17(15)24-19(25)12-29-21(27)16-10-14(22)8-9-18(16)28-3/h4-10,13H,11-12H2,1-3H3,(H,23,26)(H,24,25). The molecule has 2 amide bonds. The van der Waals surface area contributed by atoms with Gasteiger partial charge in [-0.2, -0.15) is 0 Å². The lowest BCUT2D eigenvalue weighted by Crippen LogP contribution is -2.29. The van der Waals surface area contributed by atoms with Crippen molar-refractivity contribution in [3.8, 4) is 5.75 Å². The Morgan fingerprint density at radius 2 is 1.79 bits per heavy atom. The summed E-state index contributed by atoms with van der Waals surface area (Å²) in [4.78, 5) is 36.8. The van der Waals surface area contributed by atoms with Crippen molar-refractivity contribution in [1.29, 1.82) is 0 Å². The first-order valence-corrected chi connectivity index (χ1v) is 9.37. The van der Waals surface area contributed by atoms with Crippen LogP contribution in [-0.4, -0.2) is 38.0 Å². The van der Waals surface area contributed by atoms with Gasteiger partial charge in [-0.15, -0.1) is 0 Å². The largest absolute Gasteiger partial charge is 0.496 e. The Morgan fingerprint density at radius 1 is 1.07 bits per heavy atom. The van der Waals surface area contributed by atoms with Crippen LogP contribution in [0.4, 0.5) is 5.69 Å². The molecule has 0 unspecified atom stereocenters. The molecular formula is C21H23ClN2O5. The molecule has 0 aliphatic heterocycles. The molecule has 8 heteroatoms. The monoisotopic (exact) mass is 418 g/mol. The van der Waals surface area contributed by atoms with Crippen LogP contribution in [0, 0.1) is 5.92 Å². The fraction of sp³-hybridized carbons (Fsp3) is 0.286. The van der Waals surface area contributed by atoms with Gasteiger partial charge in [0.1, 0.15) is 11.3 Å². The number of halogens is 1. The van der Waals surface area contributed by atoms with Crippen molar-refractivity contribution in [3.05, 3.63) is 58.6 Å². The summed E-state index contributed by atoms with van der Waals surface area (Å²) in [5, 5.41) is 5.73. The number of carbonyl (C=O) groups excluding carboxylic acids is 3. The topological polar surface area (TPSA) is 93.7 Å². The molecule has 29 heavy (non-hydrogen) atoms. The van der Waals surface area contributed by atoms with E-state index in [0.29, 0.717) is 28.7 Å². The van der Waals surface area contributed by atoms with Gasteiger partial charge in [-0.1, -0.05) is 37.6 Å². The minimum absolute atomic E-state index is 0.112. The molecule has 7 nitrogen and oxygen atoms in total. The average molecular weight is 419 g/mol. The number of anilines is 1. The third kappa shape index (κ3) is 6.50. The molecule has 0 bridgehead atoms. The summed E-state index contributed by atoms with van der Waals surface area (Å²) in [7, 11) is 1.41. The minimum Gasteiger partial charge on any atom is -0.496 e. The highest BCUT2D eigenvalue weighted by Crippen LogP contribution is 2.23. The number of hydrogen-bond acceptors (Lipinski definition) is 5. The molecule has 0 saturated carbocycles. The Kier molecular flexibility index (Phi) is 8.03. The van der Waals surface area contributed by atoms with Crippen molar-refractivity contribution in [2.24, 2.45) is 5.92 Å². The molecule has 2 aromatic rings. The Labute approximate surface area is 174 Å². The average Bonchev–Trinajstić information content (AvgIpc) is 2.70. The number of nitrogens with one attached hydrogen (secondary N) is 2. The van der Waals surface area contributed by atoms with E-state index in [-0.39, 0.29) is 17.2 Å². The second kappa shape index (κ2) is 10.5. The maximum Gasteiger partial charge on any atom is 0.342 e. The predicted octanol–water partition coefficient (Wildman–Crippen LogP) is 3.53. The Balaban J connectivity index is 2.01. The molecule has 2 rings (SSSR count). The minimum atomic E-state index is -0.748. The Morgan fingerprint density at radius 3 is 2.48 bits per heavy atom. The highest BCUT2D eigenvalue weighted by Gasteiger charge is 2.17. The summed E-state index contributed by atoms with van der Waals surface area (Å²) in [5.74, 6) is -1.04. The van der Waals surface area contributed by atoms with Crippen LogP contribution in [0.15, 0.2) is 42.5 Å². The van der Waals surface area contributed by atoms with Crippen LogP contribution in [0.5, 0.6) is 5.75 Å². The van der Waals surface area contributed by atoms with Gasteiger partial charge in [0.15, 0.2) is 6.61 Å². The molecule has 0 saturated heterocycles. The van der Waals surface area contributed by atoms with Gasteiger partial charge in [-0.3, -0.25) is 9.59 Å². The lowest BCUT2D eigenvalue weighted by molar-refractivity contribution is -0.119. The molecule has 0 radical (unpaired) electrons. The van der Waals surface area contributed by atoms with E-state index in [1.54, 1.807) is 30.3 Å². The summed E-state index contributed by atoms with van der Waals surface area (Å²) in [5.41, 5.74) is 0.765. The predicted molar refractivity (Wildman–Crippen MR) is 111 cm³/mol. The van der Waals surface area contributed by atoms with E-state index >= 15 is 0 Å². The number of rotatable bonds is 8. The fourth-order valence-electron chi connectivity index (χ4n) is 2.42. The molecule has 0 aliphatic rings. The normalized spacial score (nSPS) is 10.4. The van der Waals surface area contributed by atoms with Gasteiger partial charge in [0.2, 0.25) is 0 Å². The van der Waals surface area contributed by atoms with Gasteiger partial charge in [0.25, 0.3) is 11.8 Å². The smallest absolute Gasteiger partial charge is 0.342 e. The third-order valence-electron chi connectivity index (χ3n) is 3.83. The lowest BCUT2D eigenvalue weighted by Gasteiger charge is -2.13. The summed E-state index contributed by atoms with van der Waals surface area (Å²) in [6.45, 7) is 3.95. The molecule has 0 aromatic heterocycles. The van der Waals surface area contributed by atoms with Crippen LogP contribution in [-0.2, 0) is 9.53 Å². The van der Waals surface area contributed by atoms with Crippen LogP contribution in [0.25, 0.3) is 0 Å². The van der Waals surface area contributed by atoms with Gasteiger partial charge < -0.3 is 20.1 Å². The maximum absolute atomic E-state index is 12.3. The van der Waals surface area contributed by atoms with Crippen molar-refractivity contribution in [3.63, 3.8) is 0 Å². The van der Waals surface area contributed by atoms with Gasteiger partial charge in [0.05, 0.1) is 18.4 Å². The maximum atomic E-state index is 12.3. The van der Waals surface area contributed by atoms with Gasteiger partial charge in [-0.05, 0) is 36.2 Å². The number of amides is 2. The van der Waals surface area contributed by atoms with Crippen LogP contribution >= 0.6 is 11.6 Å². The van der Waals surface area contributed by atoms with Crippen molar-refractivity contribution >= 4 is 35.1 Å². The van der Waals surface area contributed by atoms with E-state index in [1.165, 1.54) is 19.2 Å². The third-order valence-corrected chi connectivity index (χ3v) is 4.07. The summed E-state index contributed by atoms with van der Waals surface area (Å²) >= 11 is 5.90. The first kappa shape index (κ1) is 22.2. The van der Waals surface area contributed by atoms with Crippen LogP contribution in [0.2, 0.25) is 5.02 Å². The fourth-order valence-corrected chi connectivity index (χ4v) is 2.59. The van der Waals surface area contributed by atoms with E-state index < -0.39 is 18.5 Å². The van der Waals surface area contributed by atoms with Gasteiger partial charge in [0, 0.05) is 11.6 Å². The number of ether oxygens (including phenoxy) is 2. The van der Waals surface area contributed by atoms with Crippen LogP contribution in [0.3, 0.4) is 0 Å². The number of carbonyl (C=O) groups is 3. The number of para-hydroxylation sites is 1. The van der Waals surface area contributed by atoms with Gasteiger partial charge in [-0.25, -0.2) is 4.79 Å².